The van der Waals surface area contributed by atoms with E-state index in [4.69, 9.17) is 28.2 Å². The molecule has 0 spiro atoms. The number of fused-ring (bicyclic) bond motifs is 1. The molecule has 3 rings (SSSR count). The normalized spacial score (nSPS) is 11.3. The molecule has 6 heteroatoms. The van der Waals surface area contributed by atoms with Crippen molar-refractivity contribution >= 4 is 40.6 Å². The summed E-state index contributed by atoms with van der Waals surface area (Å²) in [5, 5.41) is 3.94. The molecule has 0 bridgehead atoms. The van der Waals surface area contributed by atoms with Crippen LogP contribution in [-0.4, -0.2) is 15.3 Å². The van der Waals surface area contributed by atoms with E-state index < -0.39 is 0 Å². The van der Waals surface area contributed by atoms with Crippen molar-refractivity contribution < 1.29 is 4.79 Å². The number of amides is 1. The molecule has 0 unspecified atom stereocenters. The first-order valence-corrected chi connectivity index (χ1v) is 8.85. The number of aryl methyl sites for hydroxylation is 1. The number of nitrogens with zero attached hydrogens (tertiary/aromatic N) is 2. The molecule has 0 saturated carbocycles. The van der Waals surface area contributed by atoms with Crippen molar-refractivity contribution in [3.63, 3.8) is 0 Å². The predicted octanol–water partition coefficient (Wildman–Crippen LogP) is 5.60. The first-order valence-electron chi connectivity index (χ1n) is 8.09. The molecule has 130 valence electrons. The van der Waals surface area contributed by atoms with Gasteiger partial charge in [0.05, 0.1) is 10.0 Å². The lowest BCUT2D eigenvalue weighted by molar-refractivity contribution is -0.116. The van der Waals surface area contributed by atoms with Crippen molar-refractivity contribution in [1.29, 1.82) is 0 Å². The van der Waals surface area contributed by atoms with Gasteiger partial charge in [0, 0.05) is 18.2 Å². The molecule has 4 nitrogen and oxygen atoms in total. The average molecular weight is 376 g/mol. The SMILES string of the molecule is Cc1cccn2c(NC(=O)CC(C)C)c(-c3ccc(Cl)c(Cl)c3)nc12. The van der Waals surface area contributed by atoms with E-state index in [1.54, 1.807) is 12.1 Å². The lowest BCUT2D eigenvalue weighted by Crippen LogP contribution is -2.15. The van der Waals surface area contributed by atoms with Gasteiger partial charge in [-0.2, -0.15) is 0 Å². The van der Waals surface area contributed by atoms with Gasteiger partial charge in [-0.1, -0.05) is 49.2 Å². The van der Waals surface area contributed by atoms with Gasteiger partial charge in [-0.05, 0) is 36.6 Å². The zero-order valence-electron chi connectivity index (χ0n) is 14.3. The number of carbonyl (C=O) groups excluding carboxylic acids is 1. The third-order valence-electron chi connectivity index (χ3n) is 3.89. The summed E-state index contributed by atoms with van der Waals surface area (Å²) >= 11 is 12.2. The van der Waals surface area contributed by atoms with Crippen LogP contribution < -0.4 is 5.32 Å². The Kier molecular flexibility index (Phi) is 5.02. The molecule has 0 radical (unpaired) electrons. The summed E-state index contributed by atoms with van der Waals surface area (Å²) in [6, 6.07) is 9.26. The van der Waals surface area contributed by atoms with Crippen molar-refractivity contribution in [2.75, 3.05) is 5.32 Å². The van der Waals surface area contributed by atoms with Crippen LogP contribution in [-0.2, 0) is 4.79 Å². The number of rotatable bonds is 4. The number of benzene rings is 1. The molecule has 1 aromatic carbocycles. The Labute approximate surface area is 156 Å². The maximum Gasteiger partial charge on any atom is 0.225 e. The minimum atomic E-state index is -0.0420. The van der Waals surface area contributed by atoms with E-state index >= 15 is 0 Å². The fraction of sp³-hybridized carbons (Fsp3) is 0.263. The number of hydrogen-bond acceptors (Lipinski definition) is 2. The topological polar surface area (TPSA) is 46.4 Å². The molecule has 3 aromatic rings. The van der Waals surface area contributed by atoms with Crippen LogP contribution in [0.15, 0.2) is 36.5 Å². The molecule has 0 aliphatic rings. The number of carbonyl (C=O) groups is 1. The van der Waals surface area contributed by atoms with Crippen LogP contribution in [0.25, 0.3) is 16.9 Å². The minimum Gasteiger partial charge on any atom is -0.310 e. The number of hydrogen-bond donors (Lipinski definition) is 1. The second-order valence-electron chi connectivity index (χ2n) is 6.47. The largest absolute Gasteiger partial charge is 0.310 e. The van der Waals surface area contributed by atoms with Gasteiger partial charge in [0.15, 0.2) is 0 Å². The Morgan fingerprint density at radius 2 is 2.00 bits per heavy atom. The molecule has 1 N–H and O–H groups in total. The molecule has 1 amide bonds. The van der Waals surface area contributed by atoms with E-state index in [1.807, 2.05) is 49.6 Å². The minimum absolute atomic E-state index is 0.0420. The molecule has 0 atom stereocenters. The lowest BCUT2D eigenvalue weighted by atomic mass is 10.1. The monoisotopic (exact) mass is 375 g/mol. The van der Waals surface area contributed by atoms with Crippen LogP contribution in [0.2, 0.25) is 10.0 Å². The van der Waals surface area contributed by atoms with E-state index in [0.29, 0.717) is 28.0 Å². The highest BCUT2D eigenvalue weighted by Crippen LogP contribution is 2.33. The second kappa shape index (κ2) is 7.06. The number of nitrogens with one attached hydrogen (secondary N) is 1. The van der Waals surface area contributed by atoms with Crippen LogP contribution in [0.5, 0.6) is 0 Å². The Hall–Kier alpha value is -2.04. The molecule has 0 aliphatic carbocycles. The third kappa shape index (κ3) is 3.65. The number of imidazole rings is 1. The van der Waals surface area contributed by atoms with Gasteiger partial charge in [-0.15, -0.1) is 0 Å². The highest BCUT2D eigenvalue weighted by Gasteiger charge is 2.18. The van der Waals surface area contributed by atoms with Gasteiger partial charge in [0.1, 0.15) is 17.2 Å². The van der Waals surface area contributed by atoms with E-state index in [-0.39, 0.29) is 11.8 Å². The standard InChI is InChI=1S/C19H19Cl2N3O/c1-11(2)9-16(25)22-19-17(13-6-7-14(20)15(21)10-13)23-18-12(3)5-4-8-24(18)19/h4-8,10-11H,9H2,1-3H3,(H,22,25). The summed E-state index contributed by atoms with van der Waals surface area (Å²) in [5.41, 5.74) is 3.29. The van der Waals surface area contributed by atoms with Gasteiger partial charge in [-0.3, -0.25) is 9.20 Å². The highest BCUT2D eigenvalue weighted by atomic mass is 35.5. The smallest absolute Gasteiger partial charge is 0.225 e. The number of aromatic nitrogens is 2. The van der Waals surface area contributed by atoms with E-state index in [2.05, 4.69) is 5.32 Å². The van der Waals surface area contributed by atoms with Gasteiger partial charge in [-0.25, -0.2) is 4.98 Å². The molecule has 25 heavy (non-hydrogen) atoms. The maximum absolute atomic E-state index is 12.4. The maximum atomic E-state index is 12.4. The van der Waals surface area contributed by atoms with Gasteiger partial charge >= 0.3 is 0 Å². The van der Waals surface area contributed by atoms with Crippen LogP contribution in [0.3, 0.4) is 0 Å². The number of pyridine rings is 1. The van der Waals surface area contributed by atoms with Crippen LogP contribution >= 0.6 is 23.2 Å². The van der Waals surface area contributed by atoms with E-state index in [1.165, 1.54) is 0 Å². The summed E-state index contributed by atoms with van der Waals surface area (Å²) in [6.45, 7) is 6.01. The first kappa shape index (κ1) is 17.8. The predicted molar refractivity (Wildman–Crippen MR) is 103 cm³/mol. The summed E-state index contributed by atoms with van der Waals surface area (Å²) in [7, 11) is 0. The first-order chi connectivity index (χ1) is 11.9. The van der Waals surface area contributed by atoms with Crippen molar-refractivity contribution in [3.05, 3.63) is 52.1 Å². The van der Waals surface area contributed by atoms with Gasteiger partial charge < -0.3 is 5.32 Å². The summed E-state index contributed by atoms with van der Waals surface area (Å²) in [6.07, 6.45) is 2.33. The molecule has 2 heterocycles. The third-order valence-corrected chi connectivity index (χ3v) is 4.63. The van der Waals surface area contributed by atoms with Crippen molar-refractivity contribution in [3.8, 4) is 11.3 Å². The fourth-order valence-corrected chi connectivity index (χ4v) is 3.02. The summed E-state index contributed by atoms with van der Waals surface area (Å²) < 4.78 is 1.89. The zero-order valence-corrected chi connectivity index (χ0v) is 15.8. The average Bonchev–Trinajstić information content (AvgIpc) is 2.89. The molecule has 2 aromatic heterocycles. The van der Waals surface area contributed by atoms with Crippen molar-refractivity contribution in [2.24, 2.45) is 5.92 Å². The van der Waals surface area contributed by atoms with E-state index in [9.17, 15) is 4.79 Å². The fourth-order valence-electron chi connectivity index (χ4n) is 2.72. The highest BCUT2D eigenvalue weighted by molar-refractivity contribution is 6.42. The quantitative estimate of drug-likeness (QED) is 0.644. The Morgan fingerprint density at radius 1 is 1.24 bits per heavy atom. The van der Waals surface area contributed by atoms with Gasteiger partial charge in [0.25, 0.3) is 0 Å². The van der Waals surface area contributed by atoms with Crippen LogP contribution in [0.4, 0.5) is 5.82 Å². The van der Waals surface area contributed by atoms with Crippen LogP contribution in [0, 0.1) is 12.8 Å². The Bertz CT molecular complexity index is 947. The summed E-state index contributed by atoms with van der Waals surface area (Å²) in [5.74, 6) is 0.872. The van der Waals surface area contributed by atoms with E-state index in [0.717, 1.165) is 16.8 Å². The molecular formula is C19H19Cl2N3O. The Balaban J connectivity index is 2.16. The lowest BCUT2D eigenvalue weighted by Gasteiger charge is -2.10. The zero-order chi connectivity index (χ0) is 18.1. The number of halogens is 2. The second-order valence-corrected chi connectivity index (χ2v) is 7.28. The molecule has 0 fully saturated rings. The molecule has 0 saturated heterocycles. The van der Waals surface area contributed by atoms with Crippen molar-refractivity contribution in [2.45, 2.75) is 27.2 Å². The van der Waals surface area contributed by atoms with Gasteiger partial charge in [0.2, 0.25) is 5.91 Å². The Morgan fingerprint density at radius 3 is 2.68 bits per heavy atom. The molecular weight excluding hydrogens is 357 g/mol. The summed E-state index contributed by atoms with van der Waals surface area (Å²) in [4.78, 5) is 17.1. The van der Waals surface area contributed by atoms with Crippen molar-refractivity contribution in [1.82, 2.24) is 9.38 Å². The molecule has 0 aliphatic heterocycles. The van der Waals surface area contributed by atoms with Crippen LogP contribution in [0.1, 0.15) is 25.8 Å². The number of anilines is 1.